The number of amides is 1. The maximum atomic E-state index is 11.3. The maximum absolute atomic E-state index is 11.3. The number of nitrogens with two attached hydrogens (primary N) is 1. The molecule has 0 aromatic rings. The van der Waals surface area contributed by atoms with Crippen LogP contribution in [0.2, 0.25) is 0 Å². The molecule has 0 radical (unpaired) electrons. The minimum Gasteiger partial charge on any atom is -0.367 e. The quantitative estimate of drug-likeness (QED) is 0.537. The lowest BCUT2D eigenvalue weighted by Gasteiger charge is -2.21. The van der Waals surface area contributed by atoms with Crippen LogP contribution in [-0.2, 0) is 9.53 Å². The standard InChI is InChI=1S/C12H20N2O2/c1-2-8-14-12(15)9-16-11-7-5-3-4-6-10(11)13/h1,10-11H,3-9,13H2,(H,14,15). The average Bonchev–Trinajstić information content (AvgIpc) is 2.48. The zero-order valence-corrected chi connectivity index (χ0v) is 9.58. The smallest absolute Gasteiger partial charge is 0.246 e. The van der Waals surface area contributed by atoms with E-state index in [0.29, 0.717) is 0 Å². The molecule has 0 spiro atoms. The first kappa shape index (κ1) is 13.0. The summed E-state index contributed by atoms with van der Waals surface area (Å²) in [4.78, 5) is 11.3. The van der Waals surface area contributed by atoms with E-state index in [4.69, 9.17) is 16.9 Å². The highest BCUT2D eigenvalue weighted by molar-refractivity contribution is 5.77. The Kier molecular flexibility index (Phi) is 5.91. The highest BCUT2D eigenvalue weighted by Gasteiger charge is 2.21. The van der Waals surface area contributed by atoms with Gasteiger partial charge in [-0.1, -0.05) is 25.2 Å². The van der Waals surface area contributed by atoms with Gasteiger partial charge in [0.25, 0.3) is 0 Å². The highest BCUT2D eigenvalue weighted by Crippen LogP contribution is 2.18. The Morgan fingerprint density at radius 3 is 2.94 bits per heavy atom. The van der Waals surface area contributed by atoms with Gasteiger partial charge in [-0.25, -0.2) is 0 Å². The number of hydrogen-bond donors (Lipinski definition) is 2. The van der Waals surface area contributed by atoms with E-state index in [1.807, 2.05) is 0 Å². The van der Waals surface area contributed by atoms with Gasteiger partial charge in [0.1, 0.15) is 6.61 Å². The predicted octanol–water partition coefficient (Wildman–Crippen LogP) is 0.412. The lowest BCUT2D eigenvalue weighted by Crippen LogP contribution is -2.38. The summed E-state index contributed by atoms with van der Waals surface area (Å²) in [6, 6.07) is 0.0583. The van der Waals surface area contributed by atoms with Crippen LogP contribution in [0.4, 0.5) is 0 Å². The van der Waals surface area contributed by atoms with Gasteiger partial charge in [0.15, 0.2) is 0 Å². The largest absolute Gasteiger partial charge is 0.367 e. The Bertz CT molecular complexity index is 260. The molecule has 0 aromatic carbocycles. The summed E-state index contributed by atoms with van der Waals surface area (Å²) in [5.41, 5.74) is 5.98. The van der Waals surface area contributed by atoms with E-state index in [1.165, 1.54) is 6.42 Å². The summed E-state index contributed by atoms with van der Waals surface area (Å²) in [5, 5.41) is 2.56. The first-order valence-corrected chi connectivity index (χ1v) is 5.81. The van der Waals surface area contributed by atoms with Gasteiger partial charge in [-0.2, -0.15) is 0 Å². The molecule has 1 fully saturated rings. The Labute approximate surface area is 96.9 Å². The number of nitrogens with one attached hydrogen (secondary N) is 1. The molecule has 1 aliphatic carbocycles. The lowest BCUT2D eigenvalue weighted by molar-refractivity contribution is -0.128. The van der Waals surface area contributed by atoms with Crippen molar-refractivity contribution in [3.8, 4) is 12.3 Å². The third-order valence-electron chi connectivity index (χ3n) is 2.82. The van der Waals surface area contributed by atoms with Crippen LogP contribution in [-0.4, -0.2) is 31.2 Å². The molecule has 0 aromatic heterocycles. The SMILES string of the molecule is C#CCNC(=O)COC1CCCCCC1N. The fourth-order valence-electron chi connectivity index (χ4n) is 1.89. The second-order valence-electron chi connectivity index (χ2n) is 4.13. The first-order valence-electron chi connectivity index (χ1n) is 5.81. The summed E-state index contributed by atoms with van der Waals surface area (Å²) >= 11 is 0. The fourth-order valence-corrected chi connectivity index (χ4v) is 1.89. The number of rotatable bonds is 4. The van der Waals surface area contributed by atoms with E-state index in [0.717, 1.165) is 25.7 Å². The van der Waals surface area contributed by atoms with Crippen LogP contribution in [0, 0.1) is 12.3 Å². The van der Waals surface area contributed by atoms with Crippen LogP contribution in [0.1, 0.15) is 32.1 Å². The van der Waals surface area contributed by atoms with Gasteiger partial charge < -0.3 is 15.8 Å². The molecule has 2 atom stereocenters. The Hall–Kier alpha value is -1.05. The molecular weight excluding hydrogens is 204 g/mol. The molecule has 1 rings (SSSR count). The monoisotopic (exact) mass is 224 g/mol. The minimum atomic E-state index is -0.172. The van der Waals surface area contributed by atoms with E-state index in [-0.39, 0.29) is 31.2 Å². The van der Waals surface area contributed by atoms with Crippen molar-refractivity contribution in [2.24, 2.45) is 5.73 Å². The van der Waals surface area contributed by atoms with E-state index >= 15 is 0 Å². The average molecular weight is 224 g/mol. The molecule has 4 heteroatoms. The van der Waals surface area contributed by atoms with Gasteiger partial charge in [0.05, 0.1) is 12.6 Å². The van der Waals surface area contributed by atoms with E-state index in [2.05, 4.69) is 11.2 Å². The summed E-state index contributed by atoms with van der Waals surface area (Å²) in [7, 11) is 0. The topological polar surface area (TPSA) is 64.3 Å². The fraction of sp³-hybridized carbons (Fsp3) is 0.750. The minimum absolute atomic E-state index is 0.0130. The summed E-state index contributed by atoms with van der Waals surface area (Å²) in [6.07, 6.45) is 10.5. The third-order valence-corrected chi connectivity index (χ3v) is 2.82. The van der Waals surface area contributed by atoms with Crippen molar-refractivity contribution in [3.05, 3.63) is 0 Å². The number of hydrogen-bond acceptors (Lipinski definition) is 3. The van der Waals surface area contributed by atoms with Crippen LogP contribution < -0.4 is 11.1 Å². The molecule has 4 nitrogen and oxygen atoms in total. The van der Waals surface area contributed by atoms with Crippen LogP contribution in [0.5, 0.6) is 0 Å². The zero-order valence-electron chi connectivity index (χ0n) is 9.58. The van der Waals surface area contributed by atoms with Gasteiger partial charge >= 0.3 is 0 Å². The van der Waals surface area contributed by atoms with E-state index < -0.39 is 0 Å². The molecule has 0 bridgehead atoms. The molecule has 0 aliphatic heterocycles. The van der Waals surface area contributed by atoms with Gasteiger partial charge in [-0.05, 0) is 12.8 Å². The van der Waals surface area contributed by atoms with Gasteiger partial charge in [0, 0.05) is 6.04 Å². The van der Waals surface area contributed by atoms with Crippen molar-refractivity contribution in [2.45, 2.75) is 44.2 Å². The van der Waals surface area contributed by atoms with Crippen molar-refractivity contribution >= 4 is 5.91 Å². The van der Waals surface area contributed by atoms with Crippen molar-refractivity contribution in [3.63, 3.8) is 0 Å². The Morgan fingerprint density at radius 2 is 2.19 bits per heavy atom. The summed E-state index contributed by atoms with van der Waals surface area (Å²) in [6.45, 7) is 0.305. The van der Waals surface area contributed by atoms with Crippen molar-refractivity contribution < 1.29 is 9.53 Å². The molecule has 2 unspecified atom stereocenters. The second-order valence-corrected chi connectivity index (χ2v) is 4.13. The van der Waals surface area contributed by atoms with Gasteiger partial charge in [-0.15, -0.1) is 6.42 Å². The highest BCUT2D eigenvalue weighted by atomic mass is 16.5. The van der Waals surface area contributed by atoms with Gasteiger partial charge in [0.2, 0.25) is 5.91 Å². The Balaban J connectivity index is 2.24. The number of ether oxygens (including phenoxy) is 1. The molecular formula is C12H20N2O2. The number of carbonyl (C=O) groups is 1. The molecule has 0 heterocycles. The zero-order chi connectivity index (χ0) is 11.8. The normalized spacial score (nSPS) is 25.5. The van der Waals surface area contributed by atoms with Crippen LogP contribution in [0.25, 0.3) is 0 Å². The molecule has 16 heavy (non-hydrogen) atoms. The summed E-state index contributed by atoms with van der Waals surface area (Å²) < 4.78 is 5.53. The Morgan fingerprint density at radius 1 is 1.44 bits per heavy atom. The van der Waals surface area contributed by atoms with E-state index in [1.54, 1.807) is 0 Å². The molecule has 0 saturated heterocycles. The van der Waals surface area contributed by atoms with Crippen LogP contribution >= 0.6 is 0 Å². The first-order chi connectivity index (χ1) is 7.74. The molecule has 1 aliphatic rings. The van der Waals surface area contributed by atoms with Crippen molar-refractivity contribution in [1.29, 1.82) is 0 Å². The van der Waals surface area contributed by atoms with Crippen LogP contribution in [0.15, 0.2) is 0 Å². The molecule has 3 N–H and O–H groups in total. The molecule has 1 amide bonds. The summed E-state index contributed by atoms with van der Waals surface area (Å²) in [5.74, 6) is 2.17. The van der Waals surface area contributed by atoms with Crippen LogP contribution in [0.3, 0.4) is 0 Å². The lowest BCUT2D eigenvalue weighted by atomic mass is 10.1. The van der Waals surface area contributed by atoms with Gasteiger partial charge in [-0.3, -0.25) is 4.79 Å². The number of terminal acetylenes is 1. The maximum Gasteiger partial charge on any atom is 0.246 e. The van der Waals surface area contributed by atoms with E-state index in [9.17, 15) is 4.79 Å². The third kappa shape index (κ3) is 4.65. The van der Waals surface area contributed by atoms with Crippen molar-refractivity contribution in [2.75, 3.05) is 13.2 Å². The molecule has 90 valence electrons. The van der Waals surface area contributed by atoms with Crippen molar-refractivity contribution in [1.82, 2.24) is 5.32 Å². The second kappa shape index (κ2) is 7.26. The molecule has 1 saturated carbocycles. The predicted molar refractivity (Wildman–Crippen MR) is 62.6 cm³/mol. The number of carbonyl (C=O) groups excluding carboxylic acids is 1.